The zero-order chi connectivity index (χ0) is 15.6. The van der Waals surface area contributed by atoms with Crippen molar-refractivity contribution < 1.29 is 8.42 Å². The molecule has 1 aromatic carbocycles. The van der Waals surface area contributed by atoms with E-state index in [1.165, 1.54) is 11.3 Å². The largest absolute Gasteiger partial charge is 0.250 e. The van der Waals surface area contributed by atoms with Gasteiger partial charge in [0.2, 0.25) is 10.0 Å². The van der Waals surface area contributed by atoms with Gasteiger partial charge in [0.15, 0.2) is 0 Å². The molecule has 0 aliphatic rings. The summed E-state index contributed by atoms with van der Waals surface area (Å²) in [5.74, 6) is 0. The van der Waals surface area contributed by atoms with E-state index >= 15 is 0 Å². The molecule has 8 heteroatoms. The van der Waals surface area contributed by atoms with Crippen LogP contribution in [0.25, 0.3) is 5.69 Å². The SMILES string of the molecule is O=S(=O)(NCc1cnn(-c2ccccc2)c1)c1ccc(Br)s1. The van der Waals surface area contributed by atoms with Gasteiger partial charge in [0.1, 0.15) is 4.21 Å². The summed E-state index contributed by atoms with van der Waals surface area (Å²) in [6.07, 6.45) is 3.46. The Morgan fingerprint density at radius 1 is 1.18 bits per heavy atom. The molecule has 0 fully saturated rings. The molecule has 22 heavy (non-hydrogen) atoms. The second-order valence-electron chi connectivity index (χ2n) is 4.51. The highest BCUT2D eigenvalue weighted by Gasteiger charge is 2.16. The van der Waals surface area contributed by atoms with E-state index < -0.39 is 10.0 Å². The Kier molecular flexibility index (Phi) is 4.44. The number of nitrogens with zero attached hydrogens (tertiary/aromatic N) is 2. The van der Waals surface area contributed by atoms with Gasteiger partial charge < -0.3 is 0 Å². The fraction of sp³-hybridized carbons (Fsp3) is 0.0714. The van der Waals surface area contributed by atoms with Gasteiger partial charge in [0.25, 0.3) is 0 Å². The average Bonchev–Trinajstić information content (AvgIpc) is 3.15. The molecule has 0 saturated heterocycles. The minimum atomic E-state index is -3.49. The second-order valence-corrected chi connectivity index (χ2v) is 8.97. The molecule has 2 heterocycles. The van der Waals surface area contributed by atoms with E-state index in [4.69, 9.17) is 0 Å². The number of thiophene rings is 1. The predicted molar refractivity (Wildman–Crippen MR) is 89.6 cm³/mol. The van der Waals surface area contributed by atoms with E-state index in [-0.39, 0.29) is 10.8 Å². The third-order valence-corrected chi connectivity index (χ3v) is 6.45. The van der Waals surface area contributed by atoms with E-state index in [9.17, 15) is 8.42 Å². The van der Waals surface area contributed by atoms with Crippen LogP contribution in [0.2, 0.25) is 0 Å². The maximum Gasteiger partial charge on any atom is 0.250 e. The number of rotatable bonds is 5. The Morgan fingerprint density at radius 2 is 1.95 bits per heavy atom. The lowest BCUT2D eigenvalue weighted by Crippen LogP contribution is -2.22. The number of hydrogen-bond acceptors (Lipinski definition) is 4. The maximum absolute atomic E-state index is 12.1. The summed E-state index contributed by atoms with van der Waals surface area (Å²) in [5.41, 5.74) is 1.72. The van der Waals surface area contributed by atoms with E-state index in [1.807, 2.05) is 36.5 Å². The van der Waals surface area contributed by atoms with Crippen LogP contribution in [0.1, 0.15) is 5.56 Å². The summed E-state index contributed by atoms with van der Waals surface area (Å²) in [5, 5.41) is 4.24. The zero-order valence-electron chi connectivity index (χ0n) is 11.3. The highest BCUT2D eigenvalue weighted by molar-refractivity contribution is 9.11. The molecular formula is C14H12BrN3O2S2. The topological polar surface area (TPSA) is 64.0 Å². The molecule has 0 radical (unpaired) electrons. The molecule has 0 bridgehead atoms. The fourth-order valence-corrected chi connectivity index (χ4v) is 4.94. The first kappa shape index (κ1) is 15.4. The van der Waals surface area contributed by atoms with Crippen LogP contribution in [0.4, 0.5) is 0 Å². The van der Waals surface area contributed by atoms with Crippen LogP contribution in [0.5, 0.6) is 0 Å². The molecule has 0 spiro atoms. The molecule has 2 aromatic heterocycles. The quantitative estimate of drug-likeness (QED) is 0.718. The Bertz CT molecular complexity index is 872. The molecule has 0 saturated carbocycles. The number of benzene rings is 1. The molecule has 5 nitrogen and oxygen atoms in total. The lowest BCUT2D eigenvalue weighted by Gasteiger charge is -2.02. The number of aromatic nitrogens is 2. The van der Waals surface area contributed by atoms with Crippen molar-refractivity contribution in [1.29, 1.82) is 0 Å². The summed E-state index contributed by atoms with van der Waals surface area (Å²) in [7, 11) is -3.49. The van der Waals surface area contributed by atoms with Crippen LogP contribution in [-0.2, 0) is 16.6 Å². The highest BCUT2D eigenvalue weighted by Crippen LogP contribution is 2.25. The third-order valence-electron chi connectivity index (χ3n) is 2.94. The molecule has 0 unspecified atom stereocenters. The van der Waals surface area contributed by atoms with Crippen molar-refractivity contribution in [3.8, 4) is 5.69 Å². The summed E-state index contributed by atoms with van der Waals surface area (Å²) < 4.78 is 29.7. The van der Waals surface area contributed by atoms with Gasteiger partial charge in [-0.15, -0.1) is 11.3 Å². The number of halogens is 1. The second kappa shape index (κ2) is 6.33. The monoisotopic (exact) mass is 397 g/mol. The van der Waals surface area contributed by atoms with Crippen molar-refractivity contribution in [2.75, 3.05) is 0 Å². The van der Waals surface area contributed by atoms with Gasteiger partial charge in [0, 0.05) is 18.3 Å². The first-order valence-electron chi connectivity index (χ1n) is 6.38. The van der Waals surface area contributed by atoms with Crippen molar-refractivity contribution in [2.45, 2.75) is 10.8 Å². The minimum absolute atomic E-state index is 0.199. The average molecular weight is 398 g/mol. The summed E-state index contributed by atoms with van der Waals surface area (Å²) >= 11 is 4.44. The van der Waals surface area contributed by atoms with Crippen LogP contribution in [0.3, 0.4) is 0 Å². The Balaban J connectivity index is 1.71. The Labute approximate surface area is 140 Å². The van der Waals surface area contributed by atoms with Crippen LogP contribution < -0.4 is 4.72 Å². The summed E-state index contributed by atoms with van der Waals surface area (Å²) in [4.78, 5) is 0. The van der Waals surface area contributed by atoms with Crippen molar-refractivity contribution in [3.05, 3.63) is 64.2 Å². The molecular weight excluding hydrogens is 386 g/mol. The number of nitrogens with one attached hydrogen (secondary N) is 1. The Hall–Kier alpha value is -1.48. The van der Waals surface area contributed by atoms with Crippen LogP contribution in [-0.4, -0.2) is 18.2 Å². The van der Waals surface area contributed by atoms with E-state index in [0.717, 1.165) is 15.0 Å². The first-order chi connectivity index (χ1) is 10.5. The van der Waals surface area contributed by atoms with E-state index in [0.29, 0.717) is 0 Å². The lowest BCUT2D eigenvalue weighted by atomic mass is 10.3. The molecule has 3 aromatic rings. The van der Waals surface area contributed by atoms with Gasteiger partial charge in [-0.3, -0.25) is 0 Å². The van der Waals surface area contributed by atoms with Crippen molar-refractivity contribution in [3.63, 3.8) is 0 Å². The highest BCUT2D eigenvalue weighted by atomic mass is 79.9. The fourth-order valence-electron chi connectivity index (χ4n) is 1.86. The maximum atomic E-state index is 12.1. The van der Waals surface area contributed by atoms with Crippen molar-refractivity contribution in [2.24, 2.45) is 0 Å². The molecule has 114 valence electrons. The summed E-state index contributed by atoms with van der Waals surface area (Å²) in [6.45, 7) is 0.199. The third kappa shape index (κ3) is 3.46. The summed E-state index contributed by atoms with van der Waals surface area (Å²) in [6, 6.07) is 12.9. The van der Waals surface area contributed by atoms with Gasteiger partial charge >= 0.3 is 0 Å². The van der Waals surface area contributed by atoms with Crippen molar-refractivity contribution >= 4 is 37.3 Å². The van der Waals surface area contributed by atoms with Crippen LogP contribution in [0, 0.1) is 0 Å². The zero-order valence-corrected chi connectivity index (χ0v) is 14.5. The smallest absolute Gasteiger partial charge is 0.241 e. The molecule has 3 rings (SSSR count). The normalized spacial score (nSPS) is 11.7. The molecule has 0 aliphatic heterocycles. The molecule has 0 atom stereocenters. The van der Waals surface area contributed by atoms with Crippen LogP contribution in [0.15, 0.2) is 62.9 Å². The lowest BCUT2D eigenvalue weighted by molar-refractivity contribution is 0.583. The number of para-hydroxylation sites is 1. The van der Waals surface area contributed by atoms with Gasteiger partial charge in [-0.25, -0.2) is 17.8 Å². The van der Waals surface area contributed by atoms with E-state index in [2.05, 4.69) is 25.8 Å². The standard InChI is InChI=1S/C14H12BrN3O2S2/c15-13-6-7-14(21-13)22(19,20)17-9-11-8-16-18(10-11)12-4-2-1-3-5-12/h1-8,10,17H,9H2. The van der Waals surface area contributed by atoms with Gasteiger partial charge in [-0.2, -0.15) is 5.10 Å². The number of hydrogen-bond donors (Lipinski definition) is 1. The molecule has 0 aliphatic carbocycles. The minimum Gasteiger partial charge on any atom is -0.241 e. The molecule has 1 N–H and O–H groups in total. The van der Waals surface area contributed by atoms with Crippen molar-refractivity contribution in [1.82, 2.24) is 14.5 Å². The van der Waals surface area contributed by atoms with E-state index in [1.54, 1.807) is 23.0 Å². The number of sulfonamides is 1. The first-order valence-corrected chi connectivity index (χ1v) is 9.48. The molecule has 0 amide bonds. The van der Waals surface area contributed by atoms with Crippen LogP contribution >= 0.6 is 27.3 Å². The van der Waals surface area contributed by atoms with Gasteiger partial charge in [-0.05, 0) is 40.2 Å². The Morgan fingerprint density at radius 3 is 2.64 bits per heavy atom. The van der Waals surface area contributed by atoms with Gasteiger partial charge in [-0.1, -0.05) is 18.2 Å². The van der Waals surface area contributed by atoms with Gasteiger partial charge in [0.05, 0.1) is 15.7 Å². The predicted octanol–water partition coefficient (Wildman–Crippen LogP) is 3.17.